The minimum absolute atomic E-state index is 0.0880. The number of hydrogen-bond donors (Lipinski definition) is 0. The van der Waals surface area contributed by atoms with Crippen molar-refractivity contribution in [3.8, 4) is 0 Å². The Morgan fingerprint density at radius 3 is 2.86 bits per heavy atom. The Kier molecular flexibility index (Phi) is 2.01. The first-order valence-electron chi connectivity index (χ1n) is 4.19. The summed E-state index contributed by atoms with van der Waals surface area (Å²) in [5.41, 5.74) is 2.17. The summed E-state index contributed by atoms with van der Waals surface area (Å²) in [6.45, 7) is 5.44. The average Bonchev–Trinajstić information content (AvgIpc) is 2.17. The Morgan fingerprint density at radius 1 is 1.43 bits per heavy atom. The number of aliphatic imine (C=N–C) groups is 1. The lowest BCUT2D eigenvalue weighted by atomic mass is 9.97. The van der Waals surface area contributed by atoms with Crippen LogP contribution in [0, 0.1) is 0 Å². The topological polar surface area (TPSA) is 29.4 Å². The molecule has 14 heavy (non-hydrogen) atoms. The number of rotatable bonds is 0. The number of hydrogen-bond acceptors (Lipinski definition) is 2. The number of halogens is 1. The SMILES string of the molecule is C=C1C(=O)c2cccc(Cl)c2N=C1C. The van der Waals surface area contributed by atoms with Gasteiger partial charge >= 0.3 is 0 Å². The Morgan fingerprint density at radius 2 is 2.14 bits per heavy atom. The summed E-state index contributed by atoms with van der Waals surface area (Å²) >= 11 is 5.93. The molecule has 1 aromatic rings. The maximum absolute atomic E-state index is 11.7. The summed E-state index contributed by atoms with van der Waals surface area (Å²) in [5, 5.41) is 0.503. The maximum Gasteiger partial charge on any atom is 0.196 e. The van der Waals surface area contributed by atoms with Gasteiger partial charge in [-0.3, -0.25) is 9.79 Å². The van der Waals surface area contributed by atoms with E-state index in [2.05, 4.69) is 11.6 Å². The van der Waals surface area contributed by atoms with Crippen molar-refractivity contribution in [2.24, 2.45) is 4.99 Å². The molecule has 2 rings (SSSR count). The number of ketones is 1. The molecule has 0 aromatic heterocycles. The molecule has 2 nitrogen and oxygen atoms in total. The number of benzene rings is 1. The number of para-hydroxylation sites is 1. The van der Waals surface area contributed by atoms with Crippen LogP contribution >= 0.6 is 11.6 Å². The smallest absolute Gasteiger partial charge is 0.196 e. The summed E-state index contributed by atoms with van der Waals surface area (Å²) in [6, 6.07) is 5.17. The van der Waals surface area contributed by atoms with Crippen molar-refractivity contribution >= 4 is 28.8 Å². The van der Waals surface area contributed by atoms with Gasteiger partial charge in [0.1, 0.15) is 0 Å². The van der Waals surface area contributed by atoms with E-state index in [9.17, 15) is 4.79 Å². The van der Waals surface area contributed by atoms with Gasteiger partial charge in [0, 0.05) is 16.8 Å². The Labute approximate surface area is 86.9 Å². The van der Waals surface area contributed by atoms with Crippen LogP contribution in [0.1, 0.15) is 17.3 Å². The zero-order valence-corrected chi connectivity index (χ0v) is 8.43. The molecule has 0 saturated carbocycles. The van der Waals surface area contributed by atoms with Crippen molar-refractivity contribution in [1.82, 2.24) is 0 Å². The van der Waals surface area contributed by atoms with Crippen LogP contribution in [-0.4, -0.2) is 11.5 Å². The van der Waals surface area contributed by atoms with Crippen LogP contribution in [0.5, 0.6) is 0 Å². The molecule has 70 valence electrons. The Bertz CT molecular complexity index is 474. The largest absolute Gasteiger partial charge is 0.288 e. The van der Waals surface area contributed by atoms with Crippen LogP contribution in [0.15, 0.2) is 35.3 Å². The monoisotopic (exact) mass is 205 g/mol. The van der Waals surface area contributed by atoms with Crippen molar-refractivity contribution in [3.63, 3.8) is 0 Å². The predicted molar refractivity (Wildman–Crippen MR) is 57.7 cm³/mol. The molecular formula is C11H8ClNO. The second-order valence-electron chi connectivity index (χ2n) is 3.14. The first-order valence-corrected chi connectivity index (χ1v) is 4.57. The minimum Gasteiger partial charge on any atom is -0.288 e. The maximum atomic E-state index is 11.7. The Hall–Kier alpha value is -1.41. The average molecular weight is 206 g/mol. The fraction of sp³-hybridized carbons (Fsp3) is 0.0909. The minimum atomic E-state index is -0.0880. The van der Waals surface area contributed by atoms with E-state index in [4.69, 9.17) is 11.6 Å². The molecule has 0 N–H and O–H groups in total. The normalized spacial score (nSPS) is 15.1. The number of nitrogens with zero attached hydrogens (tertiary/aromatic N) is 1. The lowest BCUT2D eigenvalue weighted by Crippen LogP contribution is -2.14. The lowest BCUT2D eigenvalue weighted by molar-refractivity contribution is 0.104. The summed E-state index contributed by atoms with van der Waals surface area (Å²) in [6.07, 6.45) is 0. The van der Waals surface area contributed by atoms with Gasteiger partial charge in [-0.25, -0.2) is 0 Å². The van der Waals surface area contributed by atoms with Gasteiger partial charge in [-0.15, -0.1) is 0 Å². The second kappa shape index (κ2) is 3.07. The zero-order valence-electron chi connectivity index (χ0n) is 7.67. The summed E-state index contributed by atoms with van der Waals surface area (Å²) < 4.78 is 0. The van der Waals surface area contributed by atoms with Crippen molar-refractivity contribution in [2.75, 3.05) is 0 Å². The van der Waals surface area contributed by atoms with E-state index in [0.717, 1.165) is 0 Å². The fourth-order valence-corrected chi connectivity index (χ4v) is 1.59. The molecule has 1 aliphatic rings. The molecular weight excluding hydrogens is 198 g/mol. The summed E-state index contributed by atoms with van der Waals surface area (Å²) in [4.78, 5) is 16.0. The first-order chi connectivity index (χ1) is 6.61. The Balaban J connectivity index is 2.76. The molecule has 1 aliphatic heterocycles. The molecule has 0 spiro atoms. The van der Waals surface area contributed by atoms with E-state index in [1.54, 1.807) is 25.1 Å². The highest BCUT2D eigenvalue weighted by Crippen LogP contribution is 2.34. The van der Waals surface area contributed by atoms with Gasteiger partial charge < -0.3 is 0 Å². The summed E-state index contributed by atoms with van der Waals surface area (Å²) in [7, 11) is 0. The van der Waals surface area contributed by atoms with E-state index in [1.165, 1.54) is 0 Å². The molecule has 3 heteroatoms. The molecule has 0 bridgehead atoms. The molecule has 0 fully saturated rings. The molecule has 0 unspecified atom stereocenters. The van der Waals surface area contributed by atoms with Gasteiger partial charge in [0.25, 0.3) is 0 Å². The predicted octanol–water partition coefficient (Wildman–Crippen LogP) is 3.18. The van der Waals surface area contributed by atoms with Gasteiger partial charge in [0.15, 0.2) is 5.78 Å². The van der Waals surface area contributed by atoms with Gasteiger partial charge in [-0.1, -0.05) is 24.2 Å². The standard InChI is InChI=1S/C11H8ClNO/c1-6-7(2)13-10-8(11(6)14)4-3-5-9(10)12/h3-5H,1H2,2H3. The number of fused-ring (bicyclic) bond motifs is 1. The van der Waals surface area contributed by atoms with Crippen LogP contribution < -0.4 is 0 Å². The highest BCUT2D eigenvalue weighted by molar-refractivity contribution is 6.37. The van der Waals surface area contributed by atoms with Crippen LogP contribution in [0.2, 0.25) is 5.02 Å². The molecule has 1 aromatic carbocycles. The van der Waals surface area contributed by atoms with E-state index >= 15 is 0 Å². The highest BCUT2D eigenvalue weighted by atomic mass is 35.5. The number of carbonyl (C=O) groups excluding carboxylic acids is 1. The van der Waals surface area contributed by atoms with Crippen LogP contribution in [0.25, 0.3) is 0 Å². The van der Waals surface area contributed by atoms with Crippen molar-refractivity contribution in [3.05, 3.63) is 40.9 Å². The van der Waals surface area contributed by atoms with Gasteiger partial charge in [-0.05, 0) is 19.1 Å². The first kappa shape index (κ1) is 9.16. The number of allylic oxidation sites excluding steroid dienone is 1. The molecule has 0 aliphatic carbocycles. The van der Waals surface area contributed by atoms with E-state index in [1.807, 2.05) is 0 Å². The third-order valence-electron chi connectivity index (χ3n) is 2.22. The second-order valence-corrected chi connectivity index (χ2v) is 3.55. The fourth-order valence-electron chi connectivity index (χ4n) is 1.37. The van der Waals surface area contributed by atoms with Gasteiger partial charge in [0.2, 0.25) is 0 Å². The van der Waals surface area contributed by atoms with Crippen LogP contribution in [0.4, 0.5) is 5.69 Å². The van der Waals surface area contributed by atoms with Crippen LogP contribution in [-0.2, 0) is 0 Å². The van der Waals surface area contributed by atoms with E-state index in [0.29, 0.717) is 27.6 Å². The molecule has 0 atom stereocenters. The molecule has 0 saturated heterocycles. The van der Waals surface area contributed by atoms with Gasteiger partial charge in [0.05, 0.1) is 10.7 Å². The number of Topliss-reactive ketones (excluding diaryl/α,β-unsaturated/α-hetero) is 1. The molecule has 1 heterocycles. The molecule has 0 radical (unpaired) electrons. The van der Waals surface area contributed by atoms with Crippen molar-refractivity contribution < 1.29 is 4.79 Å². The molecule has 0 amide bonds. The third-order valence-corrected chi connectivity index (χ3v) is 2.53. The highest BCUT2D eigenvalue weighted by Gasteiger charge is 2.22. The number of carbonyl (C=O) groups is 1. The van der Waals surface area contributed by atoms with E-state index in [-0.39, 0.29) is 5.78 Å². The van der Waals surface area contributed by atoms with Gasteiger partial charge in [-0.2, -0.15) is 0 Å². The van der Waals surface area contributed by atoms with E-state index < -0.39 is 0 Å². The third kappa shape index (κ3) is 1.19. The van der Waals surface area contributed by atoms with Crippen molar-refractivity contribution in [2.45, 2.75) is 6.92 Å². The van der Waals surface area contributed by atoms with Crippen molar-refractivity contribution in [1.29, 1.82) is 0 Å². The lowest BCUT2D eigenvalue weighted by Gasteiger charge is -2.14. The summed E-state index contributed by atoms with van der Waals surface area (Å²) in [5.74, 6) is -0.0880. The van der Waals surface area contributed by atoms with Crippen LogP contribution in [0.3, 0.4) is 0 Å². The quantitative estimate of drug-likeness (QED) is 0.598. The zero-order chi connectivity index (χ0) is 10.3.